The number of nitro groups is 1. The van der Waals surface area contributed by atoms with Crippen molar-refractivity contribution in [1.29, 1.82) is 0 Å². The van der Waals surface area contributed by atoms with Crippen molar-refractivity contribution in [3.63, 3.8) is 0 Å². The van der Waals surface area contributed by atoms with Gasteiger partial charge in [0.2, 0.25) is 10.0 Å². The second-order valence-electron chi connectivity index (χ2n) is 6.08. The maximum absolute atomic E-state index is 12.9. The van der Waals surface area contributed by atoms with Crippen LogP contribution in [0, 0.1) is 10.1 Å². The lowest BCUT2D eigenvalue weighted by atomic mass is 10.1. The van der Waals surface area contributed by atoms with Crippen LogP contribution in [0.4, 0.5) is 5.69 Å². The van der Waals surface area contributed by atoms with Crippen LogP contribution in [-0.2, 0) is 21.3 Å². The average molecular weight is 405 g/mol. The number of nitro benzene ring substituents is 1. The van der Waals surface area contributed by atoms with E-state index in [9.17, 15) is 23.3 Å². The highest BCUT2D eigenvalue weighted by Gasteiger charge is 2.28. The van der Waals surface area contributed by atoms with Gasteiger partial charge in [0.25, 0.3) is 11.6 Å². The van der Waals surface area contributed by atoms with Gasteiger partial charge in [0.1, 0.15) is 5.56 Å². The third kappa shape index (κ3) is 4.19. The van der Waals surface area contributed by atoms with Gasteiger partial charge in [0, 0.05) is 25.7 Å². The maximum Gasteiger partial charge on any atom is 0.282 e. The van der Waals surface area contributed by atoms with E-state index in [-0.39, 0.29) is 35.8 Å². The van der Waals surface area contributed by atoms with E-state index in [1.54, 1.807) is 18.2 Å². The van der Waals surface area contributed by atoms with E-state index < -0.39 is 20.9 Å². The number of para-hydroxylation sites is 1. The molecule has 1 aliphatic heterocycles. The van der Waals surface area contributed by atoms with Crippen LogP contribution in [0.3, 0.4) is 0 Å². The summed E-state index contributed by atoms with van der Waals surface area (Å²) in [7, 11) is -3.73. The van der Waals surface area contributed by atoms with E-state index in [0.29, 0.717) is 18.8 Å². The Morgan fingerprint density at radius 3 is 2.46 bits per heavy atom. The van der Waals surface area contributed by atoms with Crippen molar-refractivity contribution < 1.29 is 22.9 Å². The van der Waals surface area contributed by atoms with Crippen LogP contribution >= 0.6 is 0 Å². The minimum Gasteiger partial charge on any atom is -0.379 e. The highest BCUT2D eigenvalue weighted by atomic mass is 32.2. The molecule has 0 unspecified atom stereocenters. The van der Waals surface area contributed by atoms with Gasteiger partial charge in [-0.25, -0.2) is 8.42 Å². The van der Waals surface area contributed by atoms with Crippen LogP contribution < -0.4 is 5.32 Å². The van der Waals surface area contributed by atoms with Crippen molar-refractivity contribution in [3.8, 4) is 0 Å². The predicted molar refractivity (Wildman–Crippen MR) is 100 cm³/mol. The summed E-state index contributed by atoms with van der Waals surface area (Å²) in [6.07, 6.45) is 0. The Morgan fingerprint density at radius 2 is 1.75 bits per heavy atom. The number of nitrogens with zero attached hydrogens (tertiary/aromatic N) is 2. The summed E-state index contributed by atoms with van der Waals surface area (Å²) < 4.78 is 32.4. The monoisotopic (exact) mass is 405 g/mol. The normalized spacial score (nSPS) is 15.1. The Labute approximate surface area is 162 Å². The second-order valence-corrected chi connectivity index (χ2v) is 7.99. The highest BCUT2D eigenvalue weighted by molar-refractivity contribution is 7.89. The van der Waals surface area contributed by atoms with E-state index in [1.165, 1.54) is 34.6 Å². The Morgan fingerprint density at radius 1 is 1.11 bits per heavy atom. The number of benzene rings is 2. The largest absolute Gasteiger partial charge is 0.379 e. The zero-order valence-corrected chi connectivity index (χ0v) is 15.7. The molecule has 0 bridgehead atoms. The van der Waals surface area contributed by atoms with Gasteiger partial charge >= 0.3 is 0 Å². The summed E-state index contributed by atoms with van der Waals surface area (Å²) in [6, 6.07) is 12.0. The fourth-order valence-electron chi connectivity index (χ4n) is 2.92. The third-order valence-electron chi connectivity index (χ3n) is 4.35. The maximum atomic E-state index is 12.9. The molecule has 10 heteroatoms. The Balaban J connectivity index is 1.81. The van der Waals surface area contributed by atoms with Gasteiger partial charge in [-0.1, -0.05) is 30.3 Å². The van der Waals surface area contributed by atoms with Gasteiger partial charge in [0.05, 0.1) is 23.0 Å². The van der Waals surface area contributed by atoms with Crippen LogP contribution in [0.1, 0.15) is 15.9 Å². The minimum absolute atomic E-state index is 0.0787. The van der Waals surface area contributed by atoms with Crippen molar-refractivity contribution >= 4 is 21.6 Å². The van der Waals surface area contributed by atoms with Crippen molar-refractivity contribution in [2.24, 2.45) is 0 Å². The number of hydrogen-bond acceptors (Lipinski definition) is 6. The smallest absolute Gasteiger partial charge is 0.282 e. The SMILES string of the molecule is O=C(NCc1ccccc1S(=O)(=O)N1CCOCC1)c1ccccc1[N+](=O)[O-]. The van der Waals surface area contributed by atoms with Crippen molar-refractivity contribution in [2.45, 2.75) is 11.4 Å². The topological polar surface area (TPSA) is 119 Å². The molecular formula is C18H19N3O6S. The fourth-order valence-corrected chi connectivity index (χ4v) is 4.55. The van der Waals surface area contributed by atoms with Crippen LogP contribution in [0.5, 0.6) is 0 Å². The number of hydrogen-bond donors (Lipinski definition) is 1. The molecular weight excluding hydrogens is 386 g/mol. The summed E-state index contributed by atoms with van der Waals surface area (Å²) in [5.74, 6) is -0.647. The van der Waals surface area contributed by atoms with Gasteiger partial charge < -0.3 is 10.1 Å². The van der Waals surface area contributed by atoms with E-state index in [1.807, 2.05) is 0 Å². The van der Waals surface area contributed by atoms with Gasteiger partial charge in [-0.05, 0) is 17.7 Å². The lowest BCUT2D eigenvalue weighted by molar-refractivity contribution is -0.385. The molecule has 0 saturated carbocycles. The van der Waals surface area contributed by atoms with Gasteiger partial charge in [-0.3, -0.25) is 14.9 Å². The first-order valence-corrected chi connectivity index (χ1v) is 10.0. The van der Waals surface area contributed by atoms with Crippen molar-refractivity contribution in [2.75, 3.05) is 26.3 Å². The van der Waals surface area contributed by atoms with Crippen molar-refractivity contribution in [3.05, 3.63) is 69.8 Å². The highest BCUT2D eigenvalue weighted by Crippen LogP contribution is 2.22. The second kappa shape index (κ2) is 8.46. The van der Waals surface area contributed by atoms with Gasteiger partial charge in [-0.15, -0.1) is 0 Å². The first-order chi connectivity index (χ1) is 13.4. The number of carbonyl (C=O) groups excluding carboxylic acids is 1. The number of morpholine rings is 1. The number of nitrogens with one attached hydrogen (secondary N) is 1. The molecule has 1 heterocycles. The number of carbonyl (C=O) groups is 1. The summed E-state index contributed by atoms with van der Waals surface area (Å²) in [6.45, 7) is 1.11. The van der Waals surface area contributed by atoms with E-state index in [0.717, 1.165) is 0 Å². The summed E-state index contributed by atoms with van der Waals surface area (Å²) in [5, 5.41) is 13.7. The molecule has 1 aliphatic rings. The first kappa shape index (κ1) is 19.9. The molecule has 2 aromatic carbocycles. The molecule has 28 heavy (non-hydrogen) atoms. The molecule has 0 aliphatic carbocycles. The number of rotatable bonds is 6. The average Bonchev–Trinajstić information content (AvgIpc) is 2.72. The van der Waals surface area contributed by atoms with Crippen LogP contribution in [0.15, 0.2) is 53.4 Å². The number of sulfonamides is 1. The molecule has 1 fully saturated rings. The van der Waals surface area contributed by atoms with E-state index in [2.05, 4.69) is 5.32 Å². The molecule has 1 amide bonds. The number of amides is 1. The van der Waals surface area contributed by atoms with Gasteiger partial charge in [-0.2, -0.15) is 4.31 Å². The molecule has 148 valence electrons. The Hall–Kier alpha value is -2.82. The fraction of sp³-hybridized carbons (Fsp3) is 0.278. The molecule has 0 atom stereocenters. The Bertz CT molecular complexity index is 986. The molecule has 0 radical (unpaired) electrons. The van der Waals surface area contributed by atoms with Crippen LogP contribution in [0.25, 0.3) is 0 Å². The van der Waals surface area contributed by atoms with E-state index in [4.69, 9.17) is 4.74 Å². The zero-order chi connectivity index (χ0) is 20.1. The molecule has 1 saturated heterocycles. The first-order valence-electron chi connectivity index (χ1n) is 8.58. The lowest BCUT2D eigenvalue weighted by Gasteiger charge is -2.27. The van der Waals surface area contributed by atoms with E-state index >= 15 is 0 Å². The summed E-state index contributed by atoms with van der Waals surface area (Å²) >= 11 is 0. The standard InChI is InChI=1S/C18H19N3O6S/c22-18(15-6-2-3-7-16(15)21(23)24)19-13-14-5-1-4-8-17(14)28(25,26)20-9-11-27-12-10-20/h1-8H,9-13H2,(H,19,22). The predicted octanol–water partition coefficient (Wildman–Crippen LogP) is 1.55. The minimum atomic E-state index is -3.73. The third-order valence-corrected chi connectivity index (χ3v) is 6.34. The molecule has 3 rings (SSSR count). The lowest BCUT2D eigenvalue weighted by Crippen LogP contribution is -2.41. The van der Waals surface area contributed by atoms with Crippen LogP contribution in [-0.4, -0.2) is 49.9 Å². The molecule has 1 N–H and O–H groups in total. The molecule has 0 aromatic heterocycles. The van der Waals surface area contributed by atoms with Gasteiger partial charge in [0.15, 0.2) is 0 Å². The number of ether oxygens (including phenoxy) is 1. The summed E-state index contributed by atoms with van der Waals surface area (Å²) in [5.41, 5.74) is 0.0103. The zero-order valence-electron chi connectivity index (χ0n) is 14.9. The molecule has 2 aromatic rings. The Kier molecular flexibility index (Phi) is 6.02. The molecule has 0 spiro atoms. The quantitative estimate of drug-likeness (QED) is 0.575. The van der Waals surface area contributed by atoms with Crippen LogP contribution in [0.2, 0.25) is 0 Å². The van der Waals surface area contributed by atoms with Crippen molar-refractivity contribution in [1.82, 2.24) is 9.62 Å². The molecule has 9 nitrogen and oxygen atoms in total. The summed E-state index contributed by atoms with van der Waals surface area (Å²) in [4.78, 5) is 23.0.